The van der Waals surface area contributed by atoms with Crippen LogP contribution in [0.3, 0.4) is 0 Å². The van der Waals surface area contributed by atoms with E-state index in [1.54, 1.807) is 0 Å². The van der Waals surface area contributed by atoms with Crippen molar-refractivity contribution in [3.63, 3.8) is 0 Å². The summed E-state index contributed by atoms with van der Waals surface area (Å²) in [6.07, 6.45) is 8.27. The minimum absolute atomic E-state index is 0.709. The lowest BCUT2D eigenvalue weighted by molar-refractivity contribution is 0.317. The first kappa shape index (κ1) is 13.0. The molecule has 1 aliphatic carbocycles. The van der Waals surface area contributed by atoms with Crippen molar-refractivity contribution in [1.82, 2.24) is 5.32 Å². The normalized spacial score (nSPS) is 28.6. The molecule has 1 fully saturated rings. The number of hydrogen-bond donors (Lipinski definition) is 1. The summed E-state index contributed by atoms with van der Waals surface area (Å²) < 4.78 is 0. The Morgan fingerprint density at radius 2 is 1.80 bits per heavy atom. The summed E-state index contributed by atoms with van der Waals surface area (Å²) in [5.74, 6) is 1.86. The maximum Gasteiger partial charge on any atom is 0.00723 e. The monoisotopic (exact) mass is 211 g/mol. The average molecular weight is 211 g/mol. The molecule has 3 atom stereocenters. The first-order valence-corrected chi connectivity index (χ1v) is 6.97. The Balaban J connectivity index is 2.29. The van der Waals surface area contributed by atoms with Crippen LogP contribution < -0.4 is 5.32 Å². The Labute approximate surface area is 96.0 Å². The smallest absolute Gasteiger partial charge is 0.00723 e. The highest BCUT2D eigenvalue weighted by Crippen LogP contribution is 2.28. The van der Waals surface area contributed by atoms with Gasteiger partial charge in [-0.15, -0.1) is 0 Å². The lowest BCUT2D eigenvalue weighted by Gasteiger charge is -2.26. The zero-order valence-electron chi connectivity index (χ0n) is 11.1. The minimum atomic E-state index is 0.709. The molecule has 1 rings (SSSR count). The molecule has 0 heterocycles. The summed E-state index contributed by atoms with van der Waals surface area (Å²) in [6.45, 7) is 9.33. The molecule has 1 saturated carbocycles. The maximum absolute atomic E-state index is 3.85. The Hall–Kier alpha value is -0.0400. The molecular formula is C14H29N. The van der Waals surface area contributed by atoms with Crippen molar-refractivity contribution in [2.24, 2.45) is 11.8 Å². The molecule has 0 aromatic rings. The molecule has 0 aliphatic heterocycles. The molecule has 0 radical (unpaired) electrons. The third-order valence-corrected chi connectivity index (χ3v) is 4.37. The van der Waals surface area contributed by atoms with Gasteiger partial charge in [-0.25, -0.2) is 0 Å². The average Bonchev–Trinajstić information content (AvgIpc) is 2.67. The maximum atomic E-state index is 3.85. The predicted octanol–water partition coefficient (Wildman–Crippen LogP) is 3.98. The molecule has 0 bridgehead atoms. The van der Waals surface area contributed by atoms with Gasteiger partial charge in [0, 0.05) is 12.1 Å². The van der Waals surface area contributed by atoms with Crippen molar-refractivity contribution in [2.75, 3.05) is 0 Å². The summed E-state index contributed by atoms with van der Waals surface area (Å²) in [4.78, 5) is 0. The fraction of sp³-hybridized carbons (Fsp3) is 1.00. The SMILES string of the molecule is CCC1CCC(NC(C)C(CC)CC)C1. The van der Waals surface area contributed by atoms with E-state index in [4.69, 9.17) is 0 Å². The van der Waals surface area contributed by atoms with Crippen molar-refractivity contribution in [3.05, 3.63) is 0 Å². The standard InChI is InChI=1S/C14H29N/c1-5-12-8-9-14(10-12)15-11(4)13(6-2)7-3/h11-15H,5-10H2,1-4H3. The topological polar surface area (TPSA) is 12.0 Å². The Kier molecular flexibility index (Phi) is 5.66. The summed E-state index contributed by atoms with van der Waals surface area (Å²) in [7, 11) is 0. The van der Waals surface area contributed by atoms with E-state index in [1.165, 1.54) is 38.5 Å². The zero-order valence-corrected chi connectivity index (χ0v) is 11.1. The summed E-state index contributed by atoms with van der Waals surface area (Å²) in [5, 5.41) is 3.85. The van der Waals surface area contributed by atoms with Crippen LogP contribution in [-0.4, -0.2) is 12.1 Å². The van der Waals surface area contributed by atoms with E-state index in [0.29, 0.717) is 6.04 Å². The number of hydrogen-bond acceptors (Lipinski definition) is 1. The molecule has 0 saturated heterocycles. The van der Waals surface area contributed by atoms with Crippen molar-refractivity contribution < 1.29 is 0 Å². The molecule has 15 heavy (non-hydrogen) atoms. The van der Waals surface area contributed by atoms with Crippen LogP contribution in [0.1, 0.15) is 66.2 Å². The fourth-order valence-corrected chi connectivity index (χ4v) is 3.10. The molecule has 0 aromatic heterocycles. The van der Waals surface area contributed by atoms with Gasteiger partial charge in [0.2, 0.25) is 0 Å². The molecule has 1 N–H and O–H groups in total. The van der Waals surface area contributed by atoms with Gasteiger partial charge >= 0.3 is 0 Å². The van der Waals surface area contributed by atoms with Crippen LogP contribution in [0.4, 0.5) is 0 Å². The van der Waals surface area contributed by atoms with Gasteiger partial charge < -0.3 is 5.32 Å². The van der Waals surface area contributed by atoms with E-state index < -0.39 is 0 Å². The van der Waals surface area contributed by atoms with E-state index in [-0.39, 0.29) is 0 Å². The molecule has 0 spiro atoms. The quantitative estimate of drug-likeness (QED) is 0.701. The molecule has 0 amide bonds. The van der Waals surface area contributed by atoms with Crippen molar-refractivity contribution >= 4 is 0 Å². The Morgan fingerprint density at radius 1 is 1.13 bits per heavy atom. The van der Waals surface area contributed by atoms with Gasteiger partial charge in [0.05, 0.1) is 0 Å². The van der Waals surface area contributed by atoms with Gasteiger partial charge in [0.25, 0.3) is 0 Å². The van der Waals surface area contributed by atoms with E-state index in [1.807, 2.05) is 0 Å². The summed E-state index contributed by atoms with van der Waals surface area (Å²) in [5.41, 5.74) is 0. The number of nitrogens with one attached hydrogen (secondary N) is 1. The van der Waals surface area contributed by atoms with Crippen LogP contribution in [0.2, 0.25) is 0 Å². The van der Waals surface area contributed by atoms with Crippen molar-refractivity contribution in [2.45, 2.75) is 78.3 Å². The summed E-state index contributed by atoms with van der Waals surface area (Å²) in [6, 6.07) is 1.52. The zero-order chi connectivity index (χ0) is 11.3. The van der Waals surface area contributed by atoms with Gasteiger partial charge in [-0.3, -0.25) is 0 Å². The van der Waals surface area contributed by atoms with Gasteiger partial charge in [-0.05, 0) is 38.0 Å². The largest absolute Gasteiger partial charge is 0.311 e. The van der Waals surface area contributed by atoms with Gasteiger partial charge in [-0.1, -0.05) is 40.0 Å². The molecule has 0 aromatic carbocycles. The van der Waals surface area contributed by atoms with Crippen LogP contribution in [0.25, 0.3) is 0 Å². The molecule has 3 unspecified atom stereocenters. The van der Waals surface area contributed by atoms with Crippen molar-refractivity contribution in [3.8, 4) is 0 Å². The van der Waals surface area contributed by atoms with Gasteiger partial charge in [0.1, 0.15) is 0 Å². The van der Waals surface area contributed by atoms with Crippen LogP contribution in [0.5, 0.6) is 0 Å². The molecular weight excluding hydrogens is 182 g/mol. The van der Waals surface area contributed by atoms with E-state index in [2.05, 4.69) is 33.0 Å². The molecule has 1 heteroatoms. The van der Waals surface area contributed by atoms with Crippen LogP contribution in [0, 0.1) is 11.8 Å². The Bertz CT molecular complexity index is 163. The van der Waals surface area contributed by atoms with Crippen LogP contribution >= 0.6 is 0 Å². The summed E-state index contributed by atoms with van der Waals surface area (Å²) >= 11 is 0. The van der Waals surface area contributed by atoms with Gasteiger partial charge in [0.15, 0.2) is 0 Å². The first-order valence-electron chi connectivity index (χ1n) is 6.97. The van der Waals surface area contributed by atoms with Gasteiger partial charge in [-0.2, -0.15) is 0 Å². The predicted molar refractivity (Wildman–Crippen MR) is 68.1 cm³/mol. The highest BCUT2D eigenvalue weighted by Gasteiger charge is 2.25. The molecule has 1 nitrogen and oxygen atoms in total. The lowest BCUT2D eigenvalue weighted by atomic mass is 9.94. The fourth-order valence-electron chi connectivity index (χ4n) is 3.10. The second-order valence-corrected chi connectivity index (χ2v) is 5.32. The van der Waals surface area contributed by atoms with Crippen molar-refractivity contribution in [1.29, 1.82) is 0 Å². The molecule has 1 aliphatic rings. The minimum Gasteiger partial charge on any atom is -0.311 e. The van der Waals surface area contributed by atoms with E-state index in [0.717, 1.165) is 17.9 Å². The molecule has 90 valence electrons. The Morgan fingerprint density at radius 3 is 2.27 bits per heavy atom. The second kappa shape index (κ2) is 6.52. The van der Waals surface area contributed by atoms with Crippen LogP contribution in [0.15, 0.2) is 0 Å². The highest BCUT2D eigenvalue weighted by molar-refractivity contribution is 4.83. The van der Waals surface area contributed by atoms with Crippen LogP contribution in [-0.2, 0) is 0 Å². The third kappa shape index (κ3) is 3.79. The number of rotatable bonds is 6. The second-order valence-electron chi connectivity index (χ2n) is 5.32. The van der Waals surface area contributed by atoms with E-state index in [9.17, 15) is 0 Å². The lowest BCUT2D eigenvalue weighted by Crippen LogP contribution is -2.39. The first-order chi connectivity index (χ1) is 7.21. The highest BCUT2D eigenvalue weighted by atomic mass is 15.0. The third-order valence-electron chi connectivity index (χ3n) is 4.37. The van der Waals surface area contributed by atoms with E-state index >= 15 is 0 Å².